The fourth-order valence-electron chi connectivity index (χ4n) is 0. The Hall–Kier alpha value is 3.00. The van der Waals surface area contributed by atoms with Gasteiger partial charge in [0.25, 0.3) is 0 Å². The van der Waals surface area contributed by atoms with Crippen molar-refractivity contribution < 1.29 is 102 Å². The SMILES string of the molecule is [Co+2].[Co+2].[Co+2].[Fe].[Fe].[Fe].[N-3].[N-3]. The van der Waals surface area contributed by atoms with Gasteiger partial charge in [0.15, 0.2) is 0 Å². The van der Waals surface area contributed by atoms with Crippen molar-refractivity contribution in [2.24, 2.45) is 0 Å². The fraction of sp³-hybridized carbons (Fsp3) is 0. The van der Waals surface area contributed by atoms with Crippen LogP contribution in [0.15, 0.2) is 0 Å². The van der Waals surface area contributed by atoms with Crippen molar-refractivity contribution in [3.05, 3.63) is 12.3 Å². The van der Waals surface area contributed by atoms with E-state index in [4.69, 9.17) is 0 Å². The van der Waals surface area contributed by atoms with Crippen LogP contribution in [0.2, 0.25) is 0 Å². The minimum atomic E-state index is 0. The third-order valence-electron chi connectivity index (χ3n) is 0. The maximum atomic E-state index is 0. The average Bonchev–Trinajstić information content (AvgIpc) is 0. The van der Waals surface area contributed by atoms with Crippen LogP contribution in [0.3, 0.4) is 0 Å². The maximum Gasteiger partial charge on any atom is 2.00 e. The van der Waals surface area contributed by atoms with Gasteiger partial charge in [-0.1, -0.05) is 0 Å². The number of nitrogens with zero attached hydrogens (tertiary/aromatic N) is 2. The van der Waals surface area contributed by atoms with Gasteiger partial charge in [-0.15, -0.1) is 0 Å². The summed E-state index contributed by atoms with van der Waals surface area (Å²) in [6.45, 7) is 0. The first-order valence-electron chi connectivity index (χ1n) is 0. The Labute approximate surface area is 112 Å². The van der Waals surface area contributed by atoms with Gasteiger partial charge in [-0.2, -0.15) is 0 Å². The molecule has 0 saturated carbocycles. The second kappa shape index (κ2) is 90.1. The molecule has 8 heavy (non-hydrogen) atoms. The van der Waals surface area contributed by atoms with Gasteiger partial charge in [0.05, 0.1) is 0 Å². The summed E-state index contributed by atoms with van der Waals surface area (Å²) in [6.07, 6.45) is 0. The van der Waals surface area contributed by atoms with E-state index in [0.717, 1.165) is 0 Å². The van der Waals surface area contributed by atoms with Crippen LogP contribution in [-0.2, 0) is 102 Å². The van der Waals surface area contributed by atoms with Crippen molar-refractivity contribution in [2.45, 2.75) is 0 Å². The summed E-state index contributed by atoms with van der Waals surface area (Å²) in [5.74, 6) is 0. The molecule has 0 aromatic rings. The summed E-state index contributed by atoms with van der Waals surface area (Å²) in [5.41, 5.74) is 0. The number of rotatable bonds is 0. The van der Waals surface area contributed by atoms with E-state index in [1.54, 1.807) is 0 Å². The van der Waals surface area contributed by atoms with Crippen LogP contribution < -0.4 is 0 Å². The van der Waals surface area contributed by atoms with Gasteiger partial charge in [-0.05, 0) is 0 Å². The van der Waals surface area contributed by atoms with E-state index in [2.05, 4.69) is 0 Å². The Bertz CT molecular complexity index is 12.5. The summed E-state index contributed by atoms with van der Waals surface area (Å²) in [5, 5.41) is 0. The van der Waals surface area contributed by atoms with Crippen LogP contribution in [0.4, 0.5) is 0 Å². The molecule has 0 rings (SSSR count). The van der Waals surface area contributed by atoms with Crippen molar-refractivity contribution >= 4 is 0 Å². The number of hydrogen-bond acceptors (Lipinski definition) is 0. The molecule has 0 aliphatic heterocycles. The van der Waals surface area contributed by atoms with Gasteiger partial charge in [0, 0.05) is 51.2 Å². The van der Waals surface area contributed by atoms with E-state index in [-0.39, 0.29) is 114 Å². The van der Waals surface area contributed by atoms with Gasteiger partial charge < -0.3 is 12.3 Å². The van der Waals surface area contributed by atoms with Crippen molar-refractivity contribution in [2.75, 3.05) is 0 Å². The van der Waals surface area contributed by atoms with Gasteiger partial charge >= 0.3 is 50.3 Å². The van der Waals surface area contributed by atoms with E-state index < -0.39 is 0 Å². The molecule has 8 heteroatoms. The fourth-order valence-corrected chi connectivity index (χ4v) is 0. The third kappa shape index (κ3) is 64.0. The monoisotopic (exact) mass is 373 g/mol. The standard InChI is InChI=1S/3Co.3Fe.2N/q3*+2;;;;2*-3. The maximum absolute atomic E-state index is 0. The Kier molecular flexibility index (Phi) is 1380. The minimum Gasteiger partial charge on any atom is -3.00 e. The van der Waals surface area contributed by atoms with E-state index in [1.807, 2.05) is 0 Å². The van der Waals surface area contributed by atoms with Gasteiger partial charge in [0.1, 0.15) is 0 Å². The largest absolute Gasteiger partial charge is 3.00 e. The molecule has 0 aliphatic rings. The van der Waals surface area contributed by atoms with E-state index >= 15 is 0 Å². The van der Waals surface area contributed by atoms with Crippen molar-refractivity contribution in [1.29, 1.82) is 0 Å². The van der Waals surface area contributed by atoms with Crippen molar-refractivity contribution in [3.63, 3.8) is 0 Å². The second-order valence-corrected chi connectivity index (χ2v) is 0. The first-order valence-corrected chi connectivity index (χ1v) is 0. The summed E-state index contributed by atoms with van der Waals surface area (Å²) < 4.78 is 0. The summed E-state index contributed by atoms with van der Waals surface area (Å²) in [6, 6.07) is 0. The van der Waals surface area contributed by atoms with E-state index in [9.17, 15) is 0 Å². The van der Waals surface area contributed by atoms with Gasteiger partial charge in [0.2, 0.25) is 0 Å². The average molecular weight is 372 g/mol. The number of hydrogen-bond donors (Lipinski definition) is 0. The summed E-state index contributed by atoms with van der Waals surface area (Å²) in [4.78, 5) is 0. The van der Waals surface area contributed by atoms with Crippen LogP contribution in [0.5, 0.6) is 0 Å². The Morgan fingerprint density at radius 3 is 0.375 bits per heavy atom. The first kappa shape index (κ1) is 122. The molecule has 0 aromatic heterocycles. The van der Waals surface area contributed by atoms with Gasteiger partial charge in [-0.3, -0.25) is 0 Å². The van der Waals surface area contributed by atoms with Crippen molar-refractivity contribution in [3.8, 4) is 0 Å². The predicted molar refractivity (Wildman–Crippen MR) is 6.72 cm³/mol. The molecular formula is Co3Fe3N2. The van der Waals surface area contributed by atoms with Crippen LogP contribution in [0.1, 0.15) is 0 Å². The Morgan fingerprint density at radius 2 is 0.375 bits per heavy atom. The molecule has 0 aliphatic carbocycles. The van der Waals surface area contributed by atoms with Crippen LogP contribution in [0, 0.1) is 0 Å². The Balaban J connectivity index is 0. The molecule has 0 heterocycles. The van der Waals surface area contributed by atoms with Crippen LogP contribution in [0.25, 0.3) is 12.3 Å². The summed E-state index contributed by atoms with van der Waals surface area (Å²) in [7, 11) is 0. The zero-order valence-corrected chi connectivity index (χ0v) is 9.39. The topological polar surface area (TPSA) is 61.0 Å². The molecule has 0 unspecified atom stereocenters. The van der Waals surface area contributed by atoms with E-state index in [1.165, 1.54) is 0 Å². The third-order valence-corrected chi connectivity index (χ3v) is 0. The van der Waals surface area contributed by atoms with Crippen molar-refractivity contribution in [1.82, 2.24) is 0 Å². The quantitative estimate of drug-likeness (QED) is 0.558. The first-order chi connectivity index (χ1) is 0. The zero-order chi connectivity index (χ0) is 0. The molecule has 0 saturated heterocycles. The molecule has 0 amide bonds. The second-order valence-electron chi connectivity index (χ2n) is 0. The molecule has 0 atom stereocenters. The normalized spacial score (nSPS) is 0. The zero-order valence-electron chi connectivity index (χ0n) is 2.96. The van der Waals surface area contributed by atoms with Gasteiger partial charge in [-0.25, -0.2) is 0 Å². The molecule has 0 N–H and O–H groups in total. The molecule has 2 nitrogen and oxygen atoms in total. The Morgan fingerprint density at radius 1 is 0.375 bits per heavy atom. The molecule has 0 aromatic carbocycles. The van der Waals surface area contributed by atoms with E-state index in [0.29, 0.717) is 0 Å². The minimum absolute atomic E-state index is 0. The molecule has 3 radical (unpaired) electrons. The predicted octanol–water partition coefficient (Wildman–Crippen LogP) is 0.562. The summed E-state index contributed by atoms with van der Waals surface area (Å²) >= 11 is 0. The van der Waals surface area contributed by atoms with Crippen LogP contribution >= 0.6 is 0 Å². The molecular weight excluding hydrogens is 372 g/mol. The molecule has 0 bridgehead atoms. The molecule has 61 valence electrons. The molecule has 0 spiro atoms. The molecule has 0 fully saturated rings. The van der Waals surface area contributed by atoms with Crippen LogP contribution in [-0.4, -0.2) is 0 Å². The smallest absolute Gasteiger partial charge is 2.00 e.